The molecule has 0 saturated heterocycles. The first-order chi connectivity index (χ1) is 9.97. The molecule has 1 aliphatic heterocycles. The van der Waals surface area contributed by atoms with Crippen LogP contribution in [0.25, 0.3) is 10.9 Å². The predicted molar refractivity (Wildman–Crippen MR) is 91.1 cm³/mol. The summed E-state index contributed by atoms with van der Waals surface area (Å²) < 4.78 is 0. The van der Waals surface area contributed by atoms with Gasteiger partial charge in [0, 0.05) is 16.8 Å². The average Bonchev–Trinajstić information content (AvgIpc) is 2.46. The summed E-state index contributed by atoms with van der Waals surface area (Å²) >= 11 is 6.46. The minimum absolute atomic E-state index is 0.361. The summed E-state index contributed by atoms with van der Waals surface area (Å²) in [6.07, 6.45) is 2.10. The fraction of sp³-hybridized carbons (Fsp3) is 0.444. The van der Waals surface area contributed by atoms with E-state index >= 15 is 0 Å². The van der Waals surface area contributed by atoms with E-state index < -0.39 is 0 Å². The Hall–Kier alpha value is -1.41. The molecule has 21 heavy (non-hydrogen) atoms. The Bertz CT molecular complexity index is 730. The van der Waals surface area contributed by atoms with Crippen molar-refractivity contribution in [3.05, 3.63) is 34.5 Å². The molecule has 0 N–H and O–H groups in total. The van der Waals surface area contributed by atoms with Crippen LogP contribution in [0, 0.1) is 5.92 Å². The van der Waals surface area contributed by atoms with Crippen LogP contribution in [0.15, 0.2) is 23.2 Å². The lowest BCUT2D eigenvalue weighted by molar-refractivity contribution is 0.822. The SMILES string of the molecule is CC(C)C1=Nc2c(ccc3c(Cl)cc(C(C)C)nc23)CC1. The van der Waals surface area contributed by atoms with Gasteiger partial charge in [-0.3, -0.25) is 9.98 Å². The second-order valence-electron chi connectivity index (χ2n) is 6.41. The number of nitrogens with zero attached hydrogens (tertiary/aromatic N) is 2. The molecule has 0 atom stereocenters. The molecule has 2 heterocycles. The largest absolute Gasteiger partial charge is 0.255 e. The molecule has 1 aromatic carbocycles. The van der Waals surface area contributed by atoms with Crippen molar-refractivity contribution >= 4 is 33.9 Å². The molecule has 0 saturated carbocycles. The highest BCUT2D eigenvalue weighted by Gasteiger charge is 2.19. The van der Waals surface area contributed by atoms with Gasteiger partial charge >= 0.3 is 0 Å². The molecule has 2 nitrogen and oxygen atoms in total. The number of hydrogen-bond acceptors (Lipinski definition) is 2. The van der Waals surface area contributed by atoms with Crippen molar-refractivity contribution in [3.63, 3.8) is 0 Å². The van der Waals surface area contributed by atoms with E-state index in [4.69, 9.17) is 21.6 Å². The second kappa shape index (κ2) is 5.42. The van der Waals surface area contributed by atoms with Crippen molar-refractivity contribution in [2.24, 2.45) is 10.9 Å². The monoisotopic (exact) mass is 300 g/mol. The Morgan fingerprint density at radius 2 is 1.81 bits per heavy atom. The van der Waals surface area contributed by atoms with Crippen LogP contribution in [0.5, 0.6) is 0 Å². The zero-order chi connectivity index (χ0) is 15.1. The van der Waals surface area contributed by atoms with Gasteiger partial charge in [0.05, 0.1) is 16.2 Å². The smallest absolute Gasteiger partial charge is 0.0979 e. The maximum atomic E-state index is 6.46. The number of fused-ring (bicyclic) bond motifs is 3. The first-order valence-corrected chi connectivity index (χ1v) is 8.04. The molecule has 2 aromatic rings. The standard InChI is InChI=1S/C18H21ClN2/c1-10(2)15-8-6-12-5-7-13-14(19)9-16(11(3)4)21-18(13)17(12)20-15/h5,7,9-11H,6,8H2,1-4H3. The number of halogens is 1. The van der Waals surface area contributed by atoms with Gasteiger partial charge in [0.15, 0.2) is 0 Å². The summed E-state index contributed by atoms with van der Waals surface area (Å²) in [5.41, 5.74) is 5.58. The summed E-state index contributed by atoms with van der Waals surface area (Å²) in [6, 6.07) is 6.22. The van der Waals surface area contributed by atoms with Crippen LogP contribution in [0.4, 0.5) is 5.69 Å². The number of rotatable bonds is 2. The average molecular weight is 301 g/mol. The molecule has 0 fully saturated rings. The molecular formula is C18H21ClN2. The zero-order valence-electron chi connectivity index (χ0n) is 13.1. The first-order valence-electron chi connectivity index (χ1n) is 7.67. The van der Waals surface area contributed by atoms with E-state index in [9.17, 15) is 0 Å². The maximum absolute atomic E-state index is 6.46. The van der Waals surface area contributed by atoms with Crippen LogP contribution in [-0.4, -0.2) is 10.7 Å². The van der Waals surface area contributed by atoms with E-state index in [2.05, 4.69) is 39.8 Å². The van der Waals surface area contributed by atoms with Crippen LogP contribution in [0.3, 0.4) is 0 Å². The third kappa shape index (κ3) is 2.57. The third-order valence-electron chi connectivity index (χ3n) is 4.17. The van der Waals surface area contributed by atoms with E-state index in [0.29, 0.717) is 11.8 Å². The van der Waals surface area contributed by atoms with Gasteiger partial charge in [-0.2, -0.15) is 0 Å². The van der Waals surface area contributed by atoms with Crippen molar-refractivity contribution in [1.82, 2.24) is 4.98 Å². The summed E-state index contributed by atoms with van der Waals surface area (Å²) in [4.78, 5) is 9.76. The molecule has 0 spiro atoms. The van der Waals surface area contributed by atoms with E-state index in [-0.39, 0.29) is 0 Å². The Labute approximate surface area is 131 Å². The lowest BCUT2D eigenvalue weighted by Crippen LogP contribution is -2.12. The molecule has 0 radical (unpaired) electrons. The molecule has 0 amide bonds. The van der Waals surface area contributed by atoms with Crippen molar-refractivity contribution in [2.75, 3.05) is 0 Å². The lowest BCUT2D eigenvalue weighted by Gasteiger charge is -2.20. The van der Waals surface area contributed by atoms with Crippen LogP contribution >= 0.6 is 11.6 Å². The van der Waals surface area contributed by atoms with E-state index in [1.54, 1.807) is 0 Å². The Morgan fingerprint density at radius 1 is 1.05 bits per heavy atom. The summed E-state index contributed by atoms with van der Waals surface area (Å²) in [7, 11) is 0. The van der Waals surface area contributed by atoms with Gasteiger partial charge in [0.2, 0.25) is 0 Å². The highest BCUT2D eigenvalue weighted by molar-refractivity contribution is 6.35. The Morgan fingerprint density at radius 3 is 2.48 bits per heavy atom. The van der Waals surface area contributed by atoms with Gasteiger partial charge in [0.1, 0.15) is 0 Å². The number of aliphatic imine (C=N–C) groups is 1. The second-order valence-corrected chi connectivity index (χ2v) is 6.82. The van der Waals surface area contributed by atoms with Gasteiger partial charge < -0.3 is 0 Å². The molecule has 1 aliphatic rings. The molecule has 110 valence electrons. The van der Waals surface area contributed by atoms with Crippen molar-refractivity contribution < 1.29 is 0 Å². The minimum Gasteiger partial charge on any atom is -0.255 e. The minimum atomic E-state index is 0.361. The highest BCUT2D eigenvalue weighted by atomic mass is 35.5. The molecule has 0 unspecified atom stereocenters. The normalized spacial score (nSPS) is 14.7. The number of aromatic nitrogens is 1. The highest BCUT2D eigenvalue weighted by Crippen LogP contribution is 2.37. The molecule has 0 aliphatic carbocycles. The Kier molecular flexibility index (Phi) is 3.75. The molecule has 0 bridgehead atoms. The molecule has 1 aromatic heterocycles. The number of hydrogen-bond donors (Lipinski definition) is 0. The zero-order valence-corrected chi connectivity index (χ0v) is 13.8. The molecule has 3 heteroatoms. The predicted octanol–water partition coefficient (Wildman–Crippen LogP) is 5.69. The summed E-state index contributed by atoms with van der Waals surface area (Å²) in [5, 5.41) is 1.78. The van der Waals surface area contributed by atoms with Gasteiger partial charge in [0.25, 0.3) is 0 Å². The fourth-order valence-corrected chi connectivity index (χ4v) is 3.06. The molecule has 3 rings (SSSR count). The van der Waals surface area contributed by atoms with Gasteiger partial charge in [-0.15, -0.1) is 0 Å². The quantitative estimate of drug-likeness (QED) is 0.699. The van der Waals surface area contributed by atoms with Crippen LogP contribution in [0.1, 0.15) is 51.3 Å². The maximum Gasteiger partial charge on any atom is 0.0979 e. The van der Waals surface area contributed by atoms with Gasteiger partial charge in [-0.25, -0.2) is 0 Å². The number of aryl methyl sites for hydroxylation is 1. The van der Waals surface area contributed by atoms with Crippen molar-refractivity contribution in [1.29, 1.82) is 0 Å². The lowest BCUT2D eigenvalue weighted by atomic mass is 9.94. The summed E-state index contributed by atoms with van der Waals surface area (Å²) in [6.45, 7) is 8.69. The Balaban J connectivity index is 2.30. The van der Waals surface area contributed by atoms with E-state index in [1.165, 1.54) is 11.3 Å². The van der Waals surface area contributed by atoms with Crippen molar-refractivity contribution in [3.8, 4) is 0 Å². The third-order valence-corrected chi connectivity index (χ3v) is 4.48. The van der Waals surface area contributed by atoms with Crippen molar-refractivity contribution in [2.45, 2.75) is 46.5 Å². The van der Waals surface area contributed by atoms with Crippen LogP contribution in [0.2, 0.25) is 5.02 Å². The van der Waals surface area contributed by atoms with E-state index in [1.807, 2.05) is 6.07 Å². The van der Waals surface area contributed by atoms with Crippen LogP contribution < -0.4 is 0 Å². The first kappa shape index (κ1) is 14.5. The fourth-order valence-electron chi connectivity index (χ4n) is 2.80. The molecular weight excluding hydrogens is 280 g/mol. The number of benzene rings is 1. The van der Waals surface area contributed by atoms with E-state index in [0.717, 1.165) is 40.1 Å². The topological polar surface area (TPSA) is 25.2 Å². The number of pyridine rings is 1. The van der Waals surface area contributed by atoms with Gasteiger partial charge in [-0.05, 0) is 36.3 Å². The summed E-state index contributed by atoms with van der Waals surface area (Å²) in [5.74, 6) is 0.844. The van der Waals surface area contributed by atoms with Gasteiger partial charge in [-0.1, -0.05) is 51.4 Å². The van der Waals surface area contributed by atoms with Crippen LogP contribution in [-0.2, 0) is 6.42 Å².